The molecule has 2 aliphatic rings. The molecule has 0 aromatic carbocycles. The van der Waals surface area contributed by atoms with Crippen LogP contribution in [0.3, 0.4) is 0 Å². The fraction of sp³-hybridized carbons (Fsp3) is 0.938. The minimum Gasteiger partial charge on any atom is -0.342 e. The molecule has 0 aromatic rings. The number of hydrogen-bond acceptors (Lipinski definition) is 3. The van der Waals surface area contributed by atoms with E-state index >= 15 is 0 Å². The first-order chi connectivity index (χ1) is 9.58. The van der Waals surface area contributed by atoms with Gasteiger partial charge >= 0.3 is 0 Å². The van der Waals surface area contributed by atoms with Crippen molar-refractivity contribution in [2.75, 3.05) is 39.8 Å². The number of piperidine rings is 1. The third-order valence-electron chi connectivity index (χ3n) is 4.92. The van der Waals surface area contributed by atoms with Crippen LogP contribution in [0.25, 0.3) is 0 Å². The molecule has 2 heterocycles. The molecule has 0 bridgehead atoms. The van der Waals surface area contributed by atoms with Gasteiger partial charge in [-0.2, -0.15) is 0 Å². The summed E-state index contributed by atoms with van der Waals surface area (Å²) in [7, 11) is 1.92. The van der Waals surface area contributed by atoms with Gasteiger partial charge in [0, 0.05) is 25.7 Å². The Hall–Kier alpha value is -0.610. The molecule has 2 aliphatic heterocycles. The molecule has 1 amide bonds. The highest BCUT2D eigenvalue weighted by atomic mass is 16.2. The van der Waals surface area contributed by atoms with Gasteiger partial charge in [0.15, 0.2) is 0 Å². The van der Waals surface area contributed by atoms with Crippen LogP contribution in [0.4, 0.5) is 0 Å². The number of likely N-dealkylation sites (tertiary alicyclic amines) is 2. The van der Waals surface area contributed by atoms with E-state index in [4.69, 9.17) is 0 Å². The first kappa shape index (κ1) is 15.8. The molecular weight excluding hydrogens is 250 g/mol. The van der Waals surface area contributed by atoms with Crippen molar-refractivity contribution < 1.29 is 4.79 Å². The normalized spacial score (nSPS) is 25.3. The first-order valence-electron chi connectivity index (χ1n) is 8.30. The summed E-state index contributed by atoms with van der Waals surface area (Å²) in [4.78, 5) is 19.1. The fourth-order valence-electron chi connectivity index (χ4n) is 3.32. The Bertz CT molecular complexity index is 313. The number of carbonyl (C=O) groups is 1. The molecule has 0 saturated carbocycles. The van der Waals surface area contributed by atoms with Crippen LogP contribution in [0.15, 0.2) is 0 Å². The van der Waals surface area contributed by atoms with E-state index in [0.29, 0.717) is 18.6 Å². The Labute approximate surface area is 124 Å². The predicted octanol–water partition coefficient (Wildman–Crippen LogP) is 1.80. The number of amides is 1. The van der Waals surface area contributed by atoms with Crippen molar-refractivity contribution in [3.63, 3.8) is 0 Å². The van der Waals surface area contributed by atoms with Gasteiger partial charge in [0.2, 0.25) is 5.91 Å². The first-order valence-corrected chi connectivity index (χ1v) is 8.30. The number of nitrogens with zero attached hydrogens (tertiary/aromatic N) is 3. The third-order valence-corrected chi connectivity index (χ3v) is 4.92. The summed E-state index contributed by atoms with van der Waals surface area (Å²) in [6.45, 7) is 9.52. The lowest BCUT2D eigenvalue weighted by Gasteiger charge is -2.33. The summed E-state index contributed by atoms with van der Waals surface area (Å²) >= 11 is 0. The molecule has 2 rings (SSSR count). The second kappa shape index (κ2) is 7.41. The smallest absolute Gasteiger partial charge is 0.236 e. The van der Waals surface area contributed by atoms with Crippen molar-refractivity contribution in [1.82, 2.24) is 14.7 Å². The predicted molar refractivity (Wildman–Crippen MR) is 82.8 cm³/mol. The highest BCUT2D eigenvalue weighted by molar-refractivity contribution is 5.78. The molecule has 0 N–H and O–H groups in total. The molecule has 4 nitrogen and oxygen atoms in total. The average molecular weight is 281 g/mol. The van der Waals surface area contributed by atoms with Crippen LogP contribution in [-0.2, 0) is 4.79 Å². The van der Waals surface area contributed by atoms with E-state index < -0.39 is 0 Å². The van der Waals surface area contributed by atoms with Gasteiger partial charge in [-0.1, -0.05) is 6.42 Å². The second-order valence-electron chi connectivity index (χ2n) is 6.73. The Kier molecular flexibility index (Phi) is 5.85. The van der Waals surface area contributed by atoms with Crippen LogP contribution < -0.4 is 0 Å². The summed E-state index contributed by atoms with van der Waals surface area (Å²) in [5.74, 6) is 0.269. The van der Waals surface area contributed by atoms with E-state index in [1.165, 1.54) is 51.7 Å². The lowest BCUT2D eigenvalue weighted by atomic mass is 10.1. The minimum atomic E-state index is 0.269. The Balaban J connectivity index is 1.82. The lowest BCUT2D eigenvalue weighted by Crippen LogP contribution is -2.47. The SMILES string of the molecule is CC(C)N(C)C(=O)CN1CCCC1CN1CCCCC1. The fourth-order valence-corrected chi connectivity index (χ4v) is 3.32. The van der Waals surface area contributed by atoms with E-state index in [1.807, 2.05) is 11.9 Å². The molecule has 116 valence electrons. The van der Waals surface area contributed by atoms with Crippen LogP contribution in [0.2, 0.25) is 0 Å². The zero-order valence-corrected chi connectivity index (χ0v) is 13.5. The average Bonchev–Trinajstić information content (AvgIpc) is 2.86. The molecule has 1 unspecified atom stereocenters. The van der Waals surface area contributed by atoms with Crippen molar-refractivity contribution in [1.29, 1.82) is 0 Å². The van der Waals surface area contributed by atoms with E-state index in [2.05, 4.69) is 23.6 Å². The standard InChI is InChI=1S/C16H31N3O/c1-14(2)17(3)16(20)13-19-11-7-8-15(19)12-18-9-5-4-6-10-18/h14-15H,4-13H2,1-3H3. The summed E-state index contributed by atoms with van der Waals surface area (Å²) in [6, 6.07) is 0.892. The Morgan fingerprint density at radius 2 is 1.85 bits per heavy atom. The van der Waals surface area contributed by atoms with Crippen LogP contribution in [0.5, 0.6) is 0 Å². The Morgan fingerprint density at radius 1 is 1.15 bits per heavy atom. The molecule has 0 spiro atoms. The van der Waals surface area contributed by atoms with Crippen molar-refractivity contribution >= 4 is 5.91 Å². The van der Waals surface area contributed by atoms with Crippen LogP contribution in [0, 0.1) is 0 Å². The van der Waals surface area contributed by atoms with Crippen molar-refractivity contribution in [2.24, 2.45) is 0 Å². The van der Waals surface area contributed by atoms with Crippen LogP contribution >= 0.6 is 0 Å². The Morgan fingerprint density at radius 3 is 2.50 bits per heavy atom. The van der Waals surface area contributed by atoms with Gasteiger partial charge in [0.1, 0.15) is 0 Å². The quantitative estimate of drug-likeness (QED) is 0.769. The highest BCUT2D eigenvalue weighted by Gasteiger charge is 2.29. The topological polar surface area (TPSA) is 26.8 Å². The maximum absolute atomic E-state index is 12.2. The number of carbonyl (C=O) groups excluding carboxylic acids is 1. The van der Waals surface area contributed by atoms with Gasteiger partial charge in [0.25, 0.3) is 0 Å². The highest BCUT2D eigenvalue weighted by Crippen LogP contribution is 2.20. The van der Waals surface area contributed by atoms with Crippen molar-refractivity contribution in [3.05, 3.63) is 0 Å². The minimum absolute atomic E-state index is 0.269. The molecule has 4 heteroatoms. The number of rotatable bonds is 5. The van der Waals surface area contributed by atoms with E-state index in [0.717, 1.165) is 6.54 Å². The van der Waals surface area contributed by atoms with E-state index in [-0.39, 0.29) is 5.91 Å². The molecule has 2 fully saturated rings. The van der Waals surface area contributed by atoms with E-state index in [1.54, 1.807) is 0 Å². The zero-order valence-electron chi connectivity index (χ0n) is 13.5. The van der Waals surface area contributed by atoms with E-state index in [9.17, 15) is 4.79 Å². The molecule has 2 saturated heterocycles. The summed E-state index contributed by atoms with van der Waals surface area (Å²) < 4.78 is 0. The molecule has 1 atom stereocenters. The van der Waals surface area contributed by atoms with Gasteiger partial charge in [0.05, 0.1) is 6.54 Å². The van der Waals surface area contributed by atoms with Gasteiger partial charge in [-0.25, -0.2) is 0 Å². The lowest BCUT2D eigenvalue weighted by molar-refractivity contribution is -0.132. The maximum atomic E-state index is 12.2. The monoisotopic (exact) mass is 281 g/mol. The summed E-state index contributed by atoms with van der Waals surface area (Å²) in [6.07, 6.45) is 6.60. The van der Waals surface area contributed by atoms with Crippen molar-refractivity contribution in [3.8, 4) is 0 Å². The summed E-state index contributed by atoms with van der Waals surface area (Å²) in [5.41, 5.74) is 0. The largest absolute Gasteiger partial charge is 0.342 e. The molecule has 20 heavy (non-hydrogen) atoms. The molecular formula is C16H31N3O. The third kappa shape index (κ3) is 4.19. The number of likely N-dealkylation sites (N-methyl/N-ethyl adjacent to an activating group) is 1. The van der Waals surface area contributed by atoms with Gasteiger partial charge in [-0.3, -0.25) is 9.69 Å². The number of hydrogen-bond donors (Lipinski definition) is 0. The zero-order chi connectivity index (χ0) is 14.5. The van der Waals surface area contributed by atoms with Crippen LogP contribution in [-0.4, -0.2) is 72.5 Å². The molecule has 0 aromatic heterocycles. The van der Waals surface area contributed by atoms with Gasteiger partial charge in [-0.15, -0.1) is 0 Å². The van der Waals surface area contributed by atoms with Gasteiger partial charge < -0.3 is 9.80 Å². The van der Waals surface area contributed by atoms with Crippen LogP contribution in [0.1, 0.15) is 46.0 Å². The summed E-state index contributed by atoms with van der Waals surface area (Å²) in [5, 5.41) is 0. The van der Waals surface area contributed by atoms with Crippen molar-refractivity contribution in [2.45, 2.75) is 58.0 Å². The second-order valence-corrected chi connectivity index (χ2v) is 6.73. The molecule has 0 radical (unpaired) electrons. The molecule has 0 aliphatic carbocycles. The van der Waals surface area contributed by atoms with Gasteiger partial charge in [-0.05, 0) is 59.2 Å². The maximum Gasteiger partial charge on any atom is 0.236 e.